The number of aliphatic hydroxyl groups is 1. The summed E-state index contributed by atoms with van der Waals surface area (Å²) < 4.78 is 49.5. The highest BCUT2D eigenvalue weighted by Crippen LogP contribution is 2.51. The molecule has 10 atom stereocenters. The molecule has 7 heterocycles. The Morgan fingerprint density at radius 3 is 2.80 bits per heavy atom. The van der Waals surface area contributed by atoms with E-state index in [0.717, 1.165) is 0 Å². The Kier molecular flexibility index (Phi) is 6.97. The first-order chi connectivity index (χ1) is 19.8. The van der Waals surface area contributed by atoms with Crippen LogP contribution in [0.5, 0.6) is 0 Å². The van der Waals surface area contributed by atoms with Gasteiger partial charge in [-0.05, 0) is 12.3 Å². The monoisotopic (exact) mass is 626 g/mol. The highest BCUT2D eigenvalue weighted by Gasteiger charge is 2.49. The third kappa shape index (κ3) is 4.61. The van der Waals surface area contributed by atoms with Gasteiger partial charge in [0.1, 0.15) is 23.3 Å². The first-order valence-corrected chi connectivity index (χ1v) is 16.2. The molecule has 3 aliphatic rings. The van der Waals surface area contributed by atoms with E-state index >= 15 is 4.39 Å². The summed E-state index contributed by atoms with van der Waals surface area (Å²) in [5.74, 6) is -0.486. The van der Waals surface area contributed by atoms with Crippen molar-refractivity contribution in [3.8, 4) is 0 Å². The Bertz CT molecular complexity index is 1710. The third-order valence-electron chi connectivity index (χ3n) is 7.50. The van der Waals surface area contributed by atoms with Gasteiger partial charge >= 0.3 is 8.25 Å². The number of nitrogens with zero attached hydrogens (tertiary/aromatic N) is 7. The topological polar surface area (TPSA) is 224 Å². The quantitative estimate of drug-likeness (QED) is 0.222. The summed E-state index contributed by atoms with van der Waals surface area (Å²) >= 11 is 1.38. The van der Waals surface area contributed by atoms with Crippen LogP contribution in [-0.4, -0.2) is 92.8 Å². The van der Waals surface area contributed by atoms with Gasteiger partial charge in [0, 0.05) is 11.2 Å². The van der Waals surface area contributed by atoms with E-state index in [1.54, 1.807) is 4.57 Å². The zero-order chi connectivity index (χ0) is 28.4. The SMILES string of the molecule is Nc1nc2c(ncn2[C@@H]2SC3CPC[C@H]4[C@H](F)[C@H](n5cnc6c(N)ncnc65)O[C@@H]4CO[PH](=O)O[C@@H]2[C@@H]3O)c(=O)[nH]1. The molecule has 2 bridgehead atoms. The number of ether oxygens (including phenoxy) is 1. The molecule has 0 radical (unpaired) electrons. The van der Waals surface area contributed by atoms with Crippen LogP contribution in [0.1, 0.15) is 11.6 Å². The molecule has 41 heavy (non-hydrogen) atoms. The van der Waals surface area contributed by atoms with E-state index in [4.69, 9.17) is 25.3 Å². The number of nitrogen functional groups attached to an aromatic ring is 2. The van der Waals surface area contributed by atoms with Gasteiger partial charge in [-0.3, -0.25) is 23.5 Å². The Labute approximate surface area is 236 Å². The van der Waals surface area contributed by atoms with E-state index in [2.05, 4.69) is 29.9 Å². The van der Waals surface area contributed by atoms with Crippen molar-refractivity contribution in [2.45, 2.75) is 41.3 Å². The number of alkyl halides is 1. The van der Waals surface area contributed by atoms with Crippen LogP contribution in [-0.2, 0) is 18.3 Å². The van der Waals surface area contributed by atoms with Crippen molar-refractivity contribution in [1.82, 2.24) is 39.0 Å². The van der Waals surface area contributed by atoms with Crippen LogP contribution >= 0.6 is 28.6 Å². The fourth-order valence-corrected chi connectivity index (χ4v) is 10.0. The average Bonchev–Trinajstić information content (AvgIpc) is 3.69. The molecule has 0 spiro atoms. The molecule has 3 unspecified atom stereocenters. The maximum absolute atomic E-state index is 16.0. The zero-order valence-electron chi connectivity index (χ0n) is 21.0. The van der Waals surface area contributed by atoms with Crippen LogP contribution < -0.4 is 17.0 Å². The first kappa shape index (κ1) is 27.1. The summed E-state index contributed by atoms with van der Waals surface area (Å²) in [4.78, 5) is 35.4. The fraction of sp³-hybridized carbons (Fsp3) is 0.524. The Morgan fingerprint density at radius 1 is 1.15 bits per heavy atom. The minimum absolute atomic E-state index is 0.0773. The van der Waals surface area contributed by atoms with Crippen molar-refractivity contribution in [2.75, 3.05) is 30.4 Å². The number of anilines is 2. The summed E-state index contributed by atoms with van der Waals surface area (Å²) in [5, 5.41) is 10.2. The average molecular weight is 627 g/mol. The second kappa shape index (κ2) is 10.5. The molecule has 3 aliphatic heterocycles. The molecule has 6 N–H and O–H groups in total. The Balaban J connectivity index is 1.14. The smallest absolute Gasteiger partial charge is 0.319 e. The molecular weight excluding hydrogens is 601 g/mol. The van der Waals surface area contributed by atoms with Crippen molar-refractivity contribution < 1.29 is 27.8 Å². The number of halogens is 1. The van der Waals surface area contributed by atoms with Crippen LogP contribution in [0.4, 0.5) is 16.2 Å². The molecule has 4 aromatic heterocycles. The normalized spacial score (nSPS) is 35.0. The van der Waals surface area contributed by atoms with Gasteiger partial charge in [-0.15, -0.1) is 20.3 Å². The second-order valence-electron chi connectivity index (χ2n) is 9.89. The predicted molar refractivity (Wildman–Crippen MR) is 149 cm³/mol. The van der Waals surface area contributed by atoms with Crippen molar-refractivity contribution in [3.05, 3.63) is 29.3 Å². The number of aliphatic hydroxyl groups excluding tert-OH is 1. The lowest BCUT2D eigenvalue weighted by atomic mass is 10.0. The van der Waals surface area contributed by atoms with E-state index in [1.807, 2.05) is 0 Å². The van der Waals surface area contributed by atoms with Gasteiger partial charge < -0.3 is 30.4 Å². The van der Waals surface area contributed by atoms with Crippen LogP contribution in [0.2, 0.25) is 0 Å². The summed E-state index contributed by atoms with van der Waals surface area (Å²) in [5.41, 5.74) is 12.1. The number of fused-ring (bicyclic) bond motifs is 5. The molecule has 0 saturated carbocycles. The Morgan fingerprint density at radius 2 is 1.95 bits per heavy atom. The number of H-pyrrole nitrogens is 1. The van der Waals surface area contributed by atoms with Crippen molar-refractivity contribution in [1.29, 1.82) is 0 Å². The molecule has 4 aromatic rings. The lowest BCUT2D eigenvalue weighted by Crippen LogP contribution is -2.35. The van der Waals surface area contributed by atoms with Gasteiger partial charge in [0.05, 0.1) is 31.5 Å². The Hall–Kier alpha value is -2.72. The zero-order valence-corrected chi connectivity index (χ0v) is 23.8. The van der Waals surface area contributed by atoms with Crippen molar-refractivity contribution in [3.63, 3.8) is 0 Å². The van der Waals surface area contributed by atoms with E-state index in [1.165, 1.54) is 35.3 Å². The summed E-state index contributed by atoms with van der Waals surface area (Å²) in [6, 6.07) is 0. The third-order valence-corrected chi connectivity index (χ3v) is 11.7. The van der Waals surface area contributed by atoms with E-state index in [0.29, 0.717) is 23.5 Å². The molecule has 0 aromatic carbocycles. The van der Waals surface area contributed by atoms with Crippen LogP contribution in [0, 0.1) is 5.92 Å². The number of nitrogens with one attached hydrogen (secondary N) is 1. The standard InChI is InChI=1S/C21H25FN10O6P2S/c22-10-7-2-39-3-9-13(33)14(20(41-9)32-6-28-12-17(32)29-21(24)30-18(12)34)38-40(35)36-1-8(7)37-19(10)31-5-27-11-15(23)25-4-26-16(11)31/h4-10,13-14,19-20,33,39-40H,1-3H2,(H2,23,25,26)(H3,24,29,30,34)/t7-,8-,9?,10+,13-,14-,19-,20-/m1/s1. The number of rotatable bonds is 2. The number of aromatic nitrogens is 8. The first-order valence-electron chi connectivity index (χ1n) is 12.6. The maximum Gasteiger partial charge on any atom is 0.319 e. The van der Waals surface area contributed by atoms with E-state index in [-0.39, 0.29) is 43.4 Å². The summed E-state index contributed by atoms with van der Waals surface area (Å²) in [7, 11) is -2.90. The predicted octanol–water partition coefficient (Wildman–Crippen LogP) is 0.434. The van der Waals surface area contributed by atoms with Gasteiger partial charge in [-0.1, -0.05) is 0 Å². The number of nitrogens with two attached hydrogens (primary N) is 2. The maximum atomic E-state index is 16.0. The largest absolute Gasteiger partial charge is 0.389 e. The molecule has 7 rings (SSSR count). The van der Waals surface area contributed by atoms with Crippen LogP contribution in [0.3, 0.4) is 0 Å². The number of hydrogen-bond acceptors (Lipinski definition) is 14. The van der Waals surface area contributed by atoms with Crippen molar-refractivity contribution in [2.24, 2.45) is 5.92 Å². The highest BCUT2D eigenvalue weighted by atomic mass is 32.2. The van der Waals surface area contributed by atoms with Gasteiger partial charge in [0.15, 0.2) is 35.0 Å². The van der Waals surface area contributed by atoms with Crippen LogP contribution in [0.25, 0.3) is 22.3 Å². The second-order valence-corrected chi connectivity index (χ2v) is 13.6. The van der Waals surface area contributed by atoms with E-state index in [9.17, 15) is 14.5 Å². The molecule has 20 heteroatoms. The molecule has 3 saturated heterocycles. The number of hydrogen-bond donors (Lipinski definition) is 4. The number of aromatic amines is 1. The summed E-state index contributed by atoms with van der Waals surface area (Å²) in [6.45, 7) is -0.181. The molecule has 218 valence electrons. The lowest BCUT2D eigenvalue weighted by molar-refractivity contribution is -0.0373. The number of thioether (sulfide) groups is 1. The van der Waals surface area contributed by atoms with E-state index < -0.39 is 55.8 Å². The molecule has 0 amide bonds. The van der Waals surface area contributed by atoms with Crippen LogP contribution in [0.15, 0.2) is 23.8 Å². The minimum Gasteiger partial charge on any atom is -0.389 e. The minimum atomic E-state index is -3.17. The fourth-order valence-electron chi connectivity index (χ4n) is 5.51. The molecule has 16 nitrogen and oxygen atoms in total. The van der Waals surface area contributed by atoms with Gasteiger partial charge in [-0.2, -0.15) is 4.98 Å². The lowest BCUT2D eigenvalue weighted by Gasteiger charge is -2.25. The highest BCUT2D eigenvalue weighted by molar-refractivity contribution is 8.00. The van der Waals surface area contributed by atoms with Crippen molar-refractivity contribution >= 4 is 62.7 Å². The molecule has 3 fully saturated rings. The van der Waals surface area contributed by atoms with Gasteiger partial charge in [0.2, 0.25) is 5.95 Å². The van der Waals surface area contributed by atoms with Gasteiger partial charge in [-0.25, -0.2) is 24.3 Å². The molecular formula is C21H25FN10O6P2S. The van der Waals surface area contributed by atoms with Gasteiger partial charge in [0.25, 0.3) is 5.56 Å². The molecule has 0 aliphatic carbocycles. The number of imidazole rings is 2. The summed E-state index contributed by atoms with van der Waals surface area (Å²) in [6.07, 6.45) is -0.0492.